The molecule has 0 aliphatic carbocycles. The largest absolute Gasteiger partial charge is 0.381 e. The monoisotopic (exact) mass is 590 g/mol. The number of anilines is 1. The zero-order chi connectivity index (χ0) is 29.3. The van der Waals surface area contributed by atoms with Crippen LogP contribution in [-0.2, 0) is 4.74 Å². The molecule has 226 valence electrons. The molecule has 0 saturated carbocycles. The zero-order valence-electron chi connectivity index (χ0n) is 25.2. The van der Waals surface area contributed by atoms with E-state index in [4.69, 9.17) is 26.9 Å². The molecule has 3 aromatic rings. The summed E-state index contributed by atoms with van der Waals surface area (Å²) in [6.45, 7) is 8.36. The van der Waals surface area contributed by atoms with Gasteiger partial charge in [-0.25, -0.2) is 4.98 Å². The Kier molecular flexibility index (Phi) is 10.8. The Morgan fingerprint density at radius 1 is 1.02 bits per heavy atom. The molecule has 0 spiro atoms. The molecule has 8 nitrogen and oxygen atoms in total. The van der Waals surface area contributed by atoms with E-state index in [1.807, 2.05) is 48.0 Å². The van der Waals surface area contributed by atoms with Crippen LogP contribution in [0, 0.1) is 6.92 Å². The molecule has 9 heteroatoms. The van der Waals surface area contributed by atoms with Crippen molar-refractivity contribution in [3.63, 3.8) is 0 Å². The molecule has 0 unspecified atom stereocenters. The average molecular weight is 591 g/mol. The summed E-state index contributed by atoms with van der Waals surface area (Å²) in [4.78, 5) is 25.9. The lowest BCUT2D eigenvalue weighted by Crippen LogP contribution is -2.47. The van der Waals surface area contributed by atoms with Crippen molar-refractivity contribution in [3.8, 4) is 11.1 Å². The number of piperidine rings is 1. The smallest absolute Gasteiger partial charge is 0.260 e. The van der Waals surface area contributed by atoms with E-state index in [1.165, 1.54) is 38.5 Å². The summed E-state index contributed by atoms with van der Waals surface area (Å²) in [5, 5.41) is 8.77. The van der Waals surface area contributed by atoms with E-state index in [0.29, 0.717) is 30.4 Å². The first-order chi connectivity index (χ1) is 20.5. The van der Waals surface area contributed by atoms with Gasteiger partial charge in [-0.05, 0) is 68.4 Å². The summed E-state index contributed by atoms with van der Waals surface area (Å²) in [6.07, 6.45) is 13.1. The highest BCUT2D eigenvalue weighted by molar-refractivity contribution is 7.80. The molecular formula is C33H46N6O2S. The molecule has 0 amide bonds. The number of benzene rings is 1. The van der Waals surface area contributed by atoms with Crippen molar-refractivity contribution < 1.29 is 4.74 Å². The maximum absolute atomic E-state index is 14.0. The molecule has 2 aromatic heterocycles. The molecule has 2 aliphatic heterocycles. The molecule has 42 heavy (non-hydrogen) atoms. The van der Waals surface area contributed by atoms with Gasteiger partial charge in [0.25, 0.3) is 5.56 Å². The second-order valence-electron chi connectivity index (χ2n) is 11.8. The third-order valence-corrected chi connectivity index (χ3v) is 9.09. The first kappa shape index (κ1) is 30.4. The van der Waals surface area contributed by atoms with Crippen molar-refractivity contribution in [2.45, 2.75) is 90.1 Å². The number of ether oxygens (including phenoxy) is 1. The molecule has 4 heterocycles. The van der Waals surface area contributed by atoms with E-state index in [1.54, 1.807) is 0 Å². The van der Waals surface area contributed by atoms with Crippen LogP contribution in [0.15, 0.2) is 41.3 Å². The summed E-state index contributed by atoms with van der Waals surface area (Å²) in [7, 11) is 0. The van der Waals surface area contributed by atoms with Crippen molar-refractivity contribution in [2.75, 3.05) is 38.2 Å². The van der Waals surface area contributed by atoms with E-state index in [2.05, 4.69) is 22.5 Å². The maximum Gasteiger partial charge on any atom is 0.260 e. The standard InChI is InChI=1S/C33H46N6O2S/c1-3-4-5-6-7-10-17-34-33(42)38-18-13-26(14-19-38)36-32-35-23-25-22-29(28-12-9-8-11-24(28)2)31(40)39(30(25)37-32)27-15-20-41-21-16-27/h8-9,11-12,22-23,26-27H,3-7,10,13-21H2,1-2H3,(H,34,42)(H,35,36,37). The summed E-state index contributed by atoms with van der Waals surface area (Å²) in [5.41, 5.74) is 3.43. The van der Waals surface area contributed by atoms with Crippen molar-refractivity contribution >= 4 is 34.3 Å². The van der Waals surface area contributed by atoms with Crippen molar-refractivity contribution in [3.05, 3.63) is 52.4 Å². The number of likely N-dealkylation sites (tertiary alicyclic amines) is 1. The summed E-state index contributed by atoms with van der Waals surface area (Å²) in [5.74, 6) is 0.577. The number of thiocarbonyl (C=S) groups is 1. The van der Waals surface area contributed by atoms with Gasteiger partial charge in [0.2, 0.25) is 5.95 Å². The van der Waals surface area contributed by atoms with Gasteiger partial charge in [-0.3, -0.25) is 9.36 Å². The lowest BCUT2D eigenvalue weighted by Gasteiger charge is -2.34. The van der Waals surface area contributed by atoms with Crippen molar-refractivity contribution in [1.82, 2.24) is 24.8 Å². The summed E-state index contributed by atoms with van der Waals surface area (Å²) in [6, 6.07) is 10.3. The Bertz CT molecular complexity index is 1400. The van der Waals surface area contributed by atoms with E-state index in [0.717, 1.165) is 66.9 Å². The van der Waals surface area contributed by atoms with E-state index >= 15 is 0 Å². The van der Waals surface area contributed by atoms with E-state index < -0.39 is 0 Å². The van der Waals surface area contributed by atoms with Gasteiger partial charge in [-0.1, -0.05) is 63.3 Å². The fourth-order valence-electron chi connectivity index (χ4n) is 6.16. The minimum atomic E-state index is 0.00336. The van der Waals surface area contributed by atoms with Gasteiger partial charge in [-0.15, -0.1) is 0 Å². The van der Waals surface area contributed by atoms with Crippen LogP contribution in [0.25, 0.3) is 22.2 Å². The fourth-order valence-corrected chi connectivity index (χ4v) is 6.45. The number of nitrogens with zero attached hydrogens (tertiary/aromatic N) is 4. The third-order valence-electron chi connectivity index (χ3n) is 8.69. The molecule has 2 N–H and O–H groups in total. The summed E-state index contributed by atoms with van der Waals surface area (Å²) < 4.78 is 7.53. The SMILES string of the molecule is CCCCCCCCNC(=S)N1CCC(Nc2ncc3cc(-c4ccccc4C)c(=O)n(C4CCOCC4)c3n2)CC1. The highest BCUT2D eigenvalue weighted by Gasteiger charge is 2.25. The number of hydrogen-bond acceptors (Lipinski definition) is 6. The molecule has 0 radical (unpaired) electrons. The van der Waals surface area contributed by atoms with Crippen LogP contribution >= 0.6 is 12.2 Å². The first-order valence-corrected chi connectivity index (χ1v) is 16.3. The minimum absolute atomic E-state index is 0.00336. The van der Waals surface area contributed by atoms with Crippen LogP contribution in [0.3, 0.4) is 0 Å². The minimum Gasteiger partial charge on any atom is -0.381 e. The van der Waals surface area contributed by atoms with Crippen LogP contribution in [0.4, 0.5) is 5.95 Å². The number of nitrogens with one attached hydrogen (secondary N) is 2. The van der Waals surface area contributed by atoms with Gasteiger partial charge in [-0.2, -0.15) is 4.98 Å². The van der Waals surface area contributed by atoms with Gasteiger partial charge >= 0.3 is 0 Å². The van der Waals surface area contributed by atoms with Crippen LogP contribution in [0.2, 0.25) is 0 Å². The second kappa shape index (κ2) is 14.9. The average Bonchev–Trinajstić information content (AvgIpc) is 3.01. The molecule has 0 atom stereocenters. The number of pyridine rings is 1. The molecule has 0 bridgehead atoms. The highest BCUT2D eigenvalue weighted by Crippen LogP contribution is 2.28. The highest BCUT2D eigenvalue weighted by atomic mass is 32.1. The number of aromatic nitrogens is 3. The van der Waals surface area contributed by atoms with Gasteiger partial charge in [0, 0.05) is 62.1 Å². The molecule has 2 saturated heterocycles. The molecule has 1 aromatic carbocycles. The number of hydrogen-bond donors (Lipinski definition) is 2. The van der Waals surface area contributed by atoms with Gasteiger partial charge in [0.1, 0.15) is 5.65 Å². The van der Waals surface area contributed by atoms with Crippen molar-refractivity contribution in [1.29, 1.82) is 0 Å². The predicted molar refractivity (Wildman–Crippen MR) is 175 cm³/mol. The molecular weight excluding hydrogens is 544 g/mol. The molecule has 5 rings (SSSR count). The topological polar surface area (TPSA) is 84.3 Å². The van der Waals surface area contributed by atoms with Crippen LogP contribution in [-0.4, -0.2) is 63.4 Å². The number of unbranched alkanes of at least 4 members (excludes halogenated alkanes) is 5. The number of fused-ring (bicyclic) bond motifs is 1. The lowest BCUT2D eigenvalue weighted by molar-refractivity contribution is 0.0697. The Hall–Kier alpha value is -3.04. The van der Waals surface area contributed by atoms with E-state index in [9.17, 15) is 4.79 Å². The van der Waals surface area contributed by atoms with Gasteiger partial charge < -0.3 is 20.3 Å². The Morgan fingerprint density at radius 3 is 2.52 bits per heavy atom. The Labute approximate surface area is 255 Å². The maximum atomic E-state index is 14.0. The molecule has 2 aliphatic rings. The van der Waals surface area contributed by atoms with Crippen molar-refractivity contribution in [2.24, 2.45) is 0 Å². The van der Waals surface area contributed by atoms with Gasteiger partial charge in [0.05, 0.1) is 0 Å². The summed E-state index contributed by atoms with van der Waals surface area (Å²) >= 11 is 5.69. The number of rotatable bonds is 11. The Morgan fingerprint density at radius 2 is 1.76 bits per heavy atom. The van der Waals surface area contributed by atoms with E-state index in [-0.39, 0.29) is 17.6 Å². The first-order valence-electron chi connectivity index (χ1n) is 15.9. The lowest BCUT2D eigenvalue weighted by atomic mass is 10.00. The third kappa shape index (κ3) is 7.48. The van der Waals surface area contributed by atoms with Crippen LogP contribution < -0.4 is 16.2 Å². The second-order valence-corrected chi connectivity index (χ2v) is 12.2. The van der Waals surface area contributed by atoms with Gasteiger partial charge in [0.15, 0.2) is 5.11 Å². The molecule has 2 fully saturated rings. The Balaban J connectivity index is 1.26. The van der Waals surface area contributed by atoms with Crippen LogP contribution in [0.5, 0.6) is 0 Å². The number of aryl methyl sites for hydroxylation is 1. The normalized spacial score (nSPS) is 16.6. The van der Waals surface area contributed by atoms with Crippen LogP contribution in [0.1, 0.15) is 82.7 Å². The fraction of sp³-hybridized carbons (Fsp3) is 0.576. The zero-order valence-corrected chi connectivity index (χ0v) is 26.1. The quantitative estimate of drug-likeness (QED) is 0.201. The predicted octanol–water partition coefficient (Wildman–Crippen LogP) is 6.23.